The third-order valence-corrected chi connectivity index (χ3v) is 4.74. The van der Waals surface area contributed by atoms with E-state index in [0.717, 1.165) is 22.5 Å². The number of aryl methyl sites for hydroxylation is 2. The SMILES string of the molecule is CCOC(=O)N1CCN(C(=O)c2cc(Nc3cc(C)ccc3C)ccn2)CC1. The number of benzene rings is 1. The molecule has 0 unspecified atom stereocenters. The Bertz CT molecular complexity index is 860. The highest BCUT2D eigenvalue weighted by Gasteiger charge is 2.26. The van der Waals surface area contributed by atoms with Crippen molar-refractivity contribution in [3.05, 3.63) is 53.3 Å². The second-order valence-electron chi connectivity index (χ2n) is 6.85. The lowest BCUT2D eigenvalue weighted by molar-refractivity contribution is 0.0566. The number of piperazine rings is 1. The molecule has 0 radical (unpaired) electrons. The van der Waals surface area contributed by atoms with Crippen LogP contribution in [0.5, 0.6) is 0 Å². The Labute approximate surface area is 165 Å². The molecule has 1 aromatic heterocycles. The van der Waals surface area contributed by atoms with Crippen LogP contribution in [0.1, 0.15) is 28.5 Å². The van der Waals surface area contributed by atoms with Gasteiger partial charge in [0.05, 0.1) is 6.61 Å². The van der Waals surface area contributed by atoms with Crippen molar-refractivity contribution in [2.45, 2.75) is 20.8 Å². The van der Waals surface area contributed by atoms with Gasteiger partial charge in [-0.15, -0.1) is 0 Å². The van der Waals surface area contributed by atoms with Crippen LogP contribution in [0.4, 0.5) is 16.2 Å². The summed E-state index contributed by atoms with van der Waals surface area (Å²) in [4.78, 5) is 32.2. The van der Waals surface area contributed by atoms with Gasteiger partial charge in [0, 0.05) is 43.8 Å². The van der Waals surface area contributed by atoms with Crippen molar-refractivity contribution in [1.29, 1.82) is 0 Å². The Morgan fingerprint density at radius 2 is 1.79 bits per heavy atom. The van der Waals surface area contributed by atoms with Gasteiger partial charge >= 0.3 is 6.09 Å². The smallest absolute Gasteiger partial charge is 0.409 e. The summed E-state index contributed by atoms with van der Waals surface area (Å²) < 4.78 is 5.01. The Kier molecular flexibility index (Phi) is 6.13. The number of pyridine rings is 1. The fraction of sp³-hybridized carbons (Fsp3) is 0.381. The number of hydrogen-bond acceptors (Lipinski definition) is 5. The van der Waals surface area contributed by atoms with Crippen LogP contribution in [0, 0.1) is 13.8 Å². The molecule has 28 heavy (non-hydrogen) atoms. The fourth-order valence-corrected chi connectivity index (χ4v) is 3.12. The van der Waals surface area contributed by atoms with Crippen molar-refractivity contribution in [3.63, 3.8) is 0 Å². The minimum absolute atomic E-state index is 0.131. The third-order valence-electron chi connectivity index (χ3n) is 4.74. The van der Waals surface area contributed by atoms with Gasteiger partial charge < -0.3 is 19.9 Å². The molecular weight excluding hydrogens is 356 g/mol. The number of hydrogen-bond donors (Lipinski definition) is 1. The first kappa shape index (κ1) is 19.7. The number of nitrogens with zero attached hydrogens (tertiary/aromatic N) is 3. The van der Waals surface area contributed by atoms with Crippen molar-refractivity contribution in [2.75, 3.05) is 38.1 Å². The van der Waals surface area contributed by atoms with Crippen molar-refractivity contribution in [3.8, 4) is 0 Å². The molecule has 0 spiro atoms. The molecule has 0 atom stereocenters. The van der Waals surface area contributed by atoms with Gasteiger partial charge in [-0.3, -0.25) is 9.78 Å². The quantitative estimate of drug-likeness (QED) is 0.878. The Balaban J connectivity index is 1.66. The lowest BCUT2D eigenvalue weighted by Gasteiger charge is -2.33. The van der Waals surface area contributed by atoms with E-state index in [4.69, 9.17) is 4.74 Å². The van der Waals surface area contributed by atoms with Crippen LogP contribution < -0.4 is 5.32 Å². The maximum Gasteiger partial charge on any atom is 0.409 e. The molecule has 1 saturated heterocycles. The van der Waals surface area contributed by atoms with Crippen molar-refractivity contribution < 1.29 is 14.3 Å². The van der Waals surface area contributed by atoms with E-state index in [9.17, 15) is 9.59 Å². The average Bonchev–Trinajstić information content (AvgIpc) is 2.71. The van der Waals surface area contributed by atoms with Crippen LogP contribution in [0.25, 0.3) is 0 Å². The van der Waals surface area contributed by atoms with Gasteiger partial charge in [0.25, 0.3) is 5.91 Å². The molecule has 3 rings (SSSR count). The lowest BCUT2D eigenvalue weighted by Crippen LogP contribution is -2.50. The van der Waals surface area contributed by atoms with E-state index < -0.39 is 0 Å². The maximum absolute atomic E-state index is 12.8. The van der Waals surface area contributed by atoms with Crippen molar-refractivity contribution >= 4 is 23.4 Å². The van der Waals surface area contributed by atoms with Crippen LogP contribution >= 0.6 is 0 Å². The number of nitrogens with one attached hydrogen (secondary N) is 1. The highest BCUT2D eigenvalue weighted by Crippen LogP contribution is 2.22. The molecule has 1 aliphatic heterocycles. The molecular formula is C21H26N4O3. The molecule has 2 amide bonds. The van der Waals surface area contributed by atoms with Gasteiger partial charge in [-0.1, -0.05) is 12.1 Å². The predicted molar refractivity (Wildman–Crippen MR) is 108 cm³/mol. The summed E-state index contributed by atoms with van der Waals surface area (Å²) in [6.07, 6.45) is 1.31. The van der Waals surface area contributed by atoms with Crippen molar-refractivity contribution in [1.82, 2.24) is 14.8 Å². The predicted octanol–water partition coefficient (Wildman–Crippen LogP) is 3.36. The largest absolute Gasteiger partial charge is 0.450 e. The minimum Gasteiger partial charge on any atom is -0.450 e. The molecule has 1 aromatic carbocycles. The number of anilines is 2. The van der Waals surface area contributed by atoms with E-state index in [1.807, 2.05) is 19.9 Å². The Morgan fingerprint density at radius 3 is 2.50 bits per heavy atom. The average molecular weight is 382 g/mol. The Morgan fingerprint density at radius 1 is 1.07 bits per heavy atom. The summed E-state index contributed by atoms with van der Waals surface area (Å²) in [6, 6.07) is 9.82. The number of carbonyl (C=O) groups is 2. The van der Waals surface area contributed by atoms with E-state index in [1.165, 1.54) is 0 Å². The third kappa shape index (κ3) is 4.60. The molecule has 1 aliphatic rings. The first-order chi connectivity index (χ1) is 13.5. The number of aromatic nitrogens is 1. The van der Waals surface area contributed by atoms with E-state index >= 15 is 0 Å². The van der Waals surface area contributed by atoms with Crippen LogP contribution in [0.15, 0.2) is 36.5 Å². The summed E-state index contributed by atoms with van der Waals surface area (Å²) in [7, 11) is 0. The number of carbonyl (C=O) groups excluding carboxylic acids is 2. The first-order valence-corrected chi connectivity index (χ1v) is 9.49. The zero-order valence-corrected chi connectivity index (χ0v) is 16.6. The summed E-state index contributed by atoms with van der Waals surface area (Å²) in [5.74, 6) is -0.131. The Hall–Kier alpha value is -3.09. The zero-order valence-electron chi connectivity index (χ0n) is 16.6. The lowest BCUT2D eigenvalue weighted by atomic mass is 10.1. The number of rotatable bonds is 4. The van der Waals surface area contributed by atoms with Crippen LogP contribution in [0.3, 0.4) is 0 Å². The summed E-state index contributed by atoms with van der Waals surface area (Å²) in [5, 5.41) is 3.37. The van der Waals surface area contributed by atoms with Gasteiger partial charge in [-0.25, -0.2) is 4.79 Å². The minimum atomic E-state index is -0.326. The van der Waals surface area contributed by atoms with E-state index in [-0.39, 0.29) is 12.0 Å². The summed E-state index contributed by atoms with van der Waals surface area (Å²) in [5.41, 5.74) is 4.51. The molecule has 0 saturated carbocycles. The molecule has 1 N–H and O–H groups in total. The highest BCUT2D eigenvalue weighted by molar-refractivity contribution is 5.93. The van der Waals surface area contributed by atoms with Crippen LogP contribution in [-0.4, -0.2) is 59.6 Å². The summed E-state index contributed by atoms with van der Waals surface area (Å²) in [6.45, 7) is 8.07. The van der Waals surface area contributed by atoms with Crippen LogP contribution in [-0.2, 0) is 4.74 Å². The summed E-state index contributed by atoms with van der Waals surface area (Å²) >= 11 is 0. The second kappa shape index (κ2) is 8.73. The fourth-order valence-electron chi connectivity index (χ4n) is 3.12. The molecule has 2 aromatic rings. The van der Waals surface area contributed by atoms with Gasteiger partial charge in [-0.2, -0.15) is 0 Å². The molecule has 7 heteroatoms. The standard InChI is InChI=1S/C21H26N4O3/c1-4-28-21(27)25-11-9-24(10-12-25)20(26)19-14-17(7-8-22-19)23-18-13-15(2)5-6-16(18)3/h5-8,13-14H,4,9-12H2,1-3H3,(H,22,23). The van der Waals surface area contributed by atoms with E-state index in [1.54, 1.807) is 29.0 Å². The second-order valence-corrected chi connectivity index (χ2v) is 6.85. The van der Waals surface area contributed by atoms with Crippen molar-refractivity contribution in [2.24, 2.45) is 0 Å². The van der Waals surface area contributed by atoms with E-state index in [0.29, 0.717) is 38.5 Å². The number of ether oxygens (including phenoxy) is 1. The molecule has 7 nitrogen and oxygen atoms in total. The molecule has 0 aliphatic carbocycles. The van der Waals surface area contributed by atoms with Gasteiger partial charge in [0.15, 0.2) is 0 Å². The van der Waals surface area contributed by atoms with Gasteiger partial charge in [0.2, 0.25) is 0 Å². The maximum atomic E-state index is 12.8. The van der Waals surface area contributed by atoms with Crippen LogP contribution in [0.2, 0.25) is 0 Å². The molecule has 148 valence electrons. The monoisotopic (exact) mass is 382 g/mol. The zero-order chi connectivity index (χ0) is 20.1. The topological polar surface area (TPSA) is 74.8 Å². The number of amides is 2. The highest BCUT2D eigenvalue weighted by atomic mass is 16.6. The van der Waals surface area contributed by atoms with Gasteiger partial charge in [-0.05, 0) is 50.1 Å². The molecule has 2 heterocycles. The molecule has 0 bridgehead atoms. The van der Waals surface area contributed by atoms with E-state index in [2.05, 4.69) is 28.5 Å². The normalized spacial score (nSPS) is 14.0. The first-order valence-electron chi connectivity index (χ1n) is 9.49. The van der Waals surface area contributed by atoms with Gasteiger partial charge in [0.1, 0.15) is 5.69 Å². The molecule has 1 fully saturated rings.